The zero-order valence-electron chi connectivity index (χ0n) is 11.7. The fourth-order valence-electron chi connectivity index (χ4n) is 1.77. The van der Waals surface area contributed by atoms with E-state index in [2.05, 4.69) is 15.5 Å². The summed E-state index contributed by atoms with van der Waals surface area (Å²) in [4.78, 5) is 6.22. The van der Waals surface area contributed by atoms with Crippen LogP contribution in [0, 0.1) is 12.7 Å². The van der Waals surface area contributed by atoms with Crippen molar-refractivity contribution in [3.63, 3.8) is 0 Å². The van der Waals surface area contributed by atoms with Crippen molar-refractivity contribution in [3.05, 3.63) is 46.2 Å². The molecular weight excluding hydrogens is 275 g/mol. The third kappa shape index (κ3) is 4.40. The number of nitrogens with zero attached hydrogens (tertiary/aromatic N) is 3. The minimum atomic E-state index is -0.254. The molecule has 0 aliphatic heterocycles. The smallest absolute Gasteiger partial charge is 0.203 e. The number of hydrogen-bond acceptors (Lipinski definition) is 5. The molecule has 1 N–H and O–H groups in total. The fraction of sp³-hybridized carbons (Fsp3) is 0.286. The number of hydrogen-bond donors (Lipinski definition) is 1. The highest BCUT2D eigenvalue weighted by molar-refractivity contribution is 7.13. The normalized spacial score (nSPS) is 11.4. The van der Waals surface area contributed by atoms with Crippen molar-refractivity contribution in [2.24, 2.45) is 5.10 Å². The quantitative estimate of drug-likeness (QED) is 0.680. The van der Waals surface area contributed by atoms with Gasteiger partial charge < -0.3 is 4.90 Å². The Bertz CT molecular complexity index is 607. The van der Waals surface area contributed by atoms with Gasteiger partial charge in [-0.05, 0) is 50.3 Å². The van der Waals surface area contributed by atoms with Crippen LogP contribution in [0.25, 0.3) is 0 Å². The first kappa shape index (κ1) is 14.6. The monoisotopic (exact) mass is 292 g/mol. The summed E-state index contributed by atoms with van der Waals surface area (Å²) in [6, 6.07) is 4.91. The first-order valence-corrected chi connectivity index (χ1v) is 7.06. The molecule has 1 aromatic heterocycles. The highest BCUT2D eigenvalue weighted by Crippen LogP contribution is 2.14. The number of rotatable bonds is 5. The molecular formula is C14H17FN4S. The lowest BCUT2D eigenvalue weighted by Crippen LogP contribution is -2.11. The van der Waals surface area contributed by atoms with Gasteiger partial charge in [-0.2, -0.15) is 5.10 Å². The van der Waals surface area contributed by atoms with Crippen molar-refractivity contribution in [2.75, 3.05) is 19.5 Å². The van der Waals surface area contributed by atoms with Gasteiger partial charge in [0.15, 0.2) is 0 Å². The van der Waals surface area contributed by atoms with Gasteiger partial charge in [-0.3, -0.25) is 5.43 Å². The predicted octanol–water partition coefficient (Wildman–Crippen LogP) is 3.10. The average Bonchev–Trinajstić information content (AvgIpc) is 2.73. The number of thiazole rings is 1. The lowest BCUT2D eigenvalue weighted by atomic mass is 10.1. The maximum atomic E-state index is 13.5. The van der Waals surface area contributed by atoms with E-state index in [4.69, 9.17) is 0 Å². The van der Waals surface area contributed by atoms with Crippen LogP contribution < -0.4 is 5.43 Å². The maximum absolute atomic E-state index is 13.5. The number of anilines is 1. The zero-order valence-corrected chi connectivity index (χ0v) is 12.5. The third-order valence-electron chi connectivity index (χ3n) is 2.47. The summed E-state index contributed by atoms with van der Waals surface area (Å²) in [5.41, 5.74) is 5.43. The molecule has 0 saturated carbocycles. The third-order valence-corrected chi connectivity index (χ3v) is 3.34. The molecule has 0 spiro atoms. The summed E-state index contributed by atoms with van der Waals surface area (Å²) in [5, 5.41) is 6.74. The van der Waals surface area contributed by atoms with Gasteiger partial charge in [-0.1, -0.05) is 0 Å². The molecule has 1 heterocycles. The number of aryl methyl sites for hydroxylation is 1. The van der Waals surface area contributed by atoms with Crippen molar-refractivity contribution in [2.45, 2.75) is 13.5 Å². The van der Waals surface area contributed by atoms with E-state index < -0.39 is 0 Å². The molecule has 106 valence electrons. The van der Waals surface area contributed by atoms with Crippen molar-refractivity contribution in [1.82, 2.24) is 9.88 Å². The molecule has 0 amide bonds. The van der Waals surface area contributed by atoms with Crippen LogP contribution in [0.3, 0.4) is 0 Å². The van der Waals surface area contributed by atoms with Gasteiger partial charge in [-0.15, -0.1) is 11.3 Å². The Hall–Kier alpha value is -1.79. The maximum Gasteiger partial charge on any atom is 0.203 e. The largest absolute Gasteiger partial charge is 0.305 e. The summed E-state index contributed by atoms with van der Waals surface area (Å²) < 4.78 is 13.5. The van der Waals surface area contributed by atoms with E-state index in [1.165, 1.54) is 23.5 Å². The Kier molecular flexibility index (Phi) is 4.81. The Labute approximate surface area is 122 Å². The van der Waals surface area contributed by atoms with Crippen LogP contribution in [0.5, 0.6) is 0 Å². The van der Waals surface area contributed by atoms with Gasteiger partial charge in [0.25, 0.3) is 0 Å². The van der Waals surface area contributed by atoms with Crippen molar-refractivity contribution >= 4 is 22.7 Å². The molecule has 2 rings (SSSR count). The highest BCUT2D eigenvalue weighted by Gasteiger charge is 2.01. The SMILES string of the molecule is Cc1csc(NN=Cc2cc(F)cc(CN(C)C)c2)n1. The number of halogens is 1. The van der Waals surface area contributed by atoms with E-state index in [1.807, 2.05) is 37.4 Å². The van der Waals surface area contributed by atoms with Crippen LogP contribution >= 0.6 is 11.3 Å². The van der Waals surface area contributed by atoms with E-state index >= 15 is 0 Å². The van der Waals surface area contributed by atoms with Crippen LogP contribution in [0.4, 0.5) is 9.52 Å². The van der Waals surface area contributed by atoms with Crippen molar-refractivity contribution in [3.8, 4) is 0 Å². The summed E-state index contributed by atoms with van der Waals surface area (Å²) in [6.07, 6.45) is 1.60. The second-order valence-corrected chi connectivity index (χ2v) is 5.65. The Morgan fingerprint density at radius 3 is 2.85 bits per heavy atom. The average molecular weight is 292 g/mol. The van der Waals surface area contributed by atoms with Crippen LogP contribution in [-0.4, -0.2) is 30.2 Å². The molecule has 20 heavy (non-hydrogen) atoms. The Balaban J connectivity index is 2.06. The molecule has 6 heteroatoms. The van der Waals surface area contributed by atoms with E-state index in [0.717, 1.165) is 22.0 Å². The summed E-state index contributed by atoms with van der Waals surface area (Å²) in [7, 11) is 3.90. The number of hydrazone groups is 1. The molecule has 0 saturated heterocycles. The topological polar surface area (TPSA) is 40.5 Å². The van der Waals surface area contributed by atoms with E-state index in [0.29, 0.717) is 6.54 Å². The molecule has 0 aliphatic carbocycles. The van der Waals surface area contributed by atoms with Gasteiger partial charge in [0.2, 0.25) is 5.13 Å². The number of nitrogens with one attached hydrogen (secondary N) is 1. The fourth-order valence-corrected chi connectivity index (χ4v) is 2.41. The molecule has 1 aromatic carbocycles. The molecule has 0 atom stereocenters. The van der Waals surface area contributed by atoms with E-state index in [1.54, 1.807) is 6.21 Å². The molecule has 2 aromatic rings. The minimum absolute atomic E-state index is 0.254. The van der Waals surface area contributed by atoms with Gasteiger partial charge in [0.1, 0.15) is 5.82 Å². The second kappa shape index (κ2) is 6.58. The van der Waals surface area contributed by atoms with Crippen molar-refractivity contribution in [1.29, 1.82) is 0 Å². The minimum Gasteiger partial charge on any atom is -0.305 e. The number of benzene rings is 1. The van der Waals surface area contributed by atoms with Gasteiger partial charge in [0, 0.05) is 11.9 Å². The zero-order chi connectivity index (χ0) is 14.5. The lowest BCUT2D eigenvalue weighted by molar-refractivity contribution is 0.401. The highest BCUT2D eigenvalue weighted by atomic mass is 32.1. The predicted molar refractivity (Wildman–Crippen MR) is 81.9 cm³/mol. The van der Waals surface area contributed by atoms with Crippen LogP contribution in [-0.2, 0) is 6.54 Å². The first-order chi connectivity index (χ1) is 9.52. The van der Waals surface area contributed by atoms with Gasteiger partial charge >= 0.3 is 0 Å². The van der Waals surface area contributed by atoms with Crippen LogP contribution in [0.1, 0.15) is 16.8 Å². The van der Waals surface area contributed by atoms with E-state index in [9.17, 15) is 4.39 Å². The molecule has 0 aliphatic rings. The molecule has 0 radical (unpaired) electrons. The molecule has 0 bridgehead atoms. The molecule has 0 fully saturated rings. The first-order valence-electron chi connectivity index (χ1n) is 6.18. The van der Waals surface area contributed by atoms with E-state index in [-0.39, 0.29) is 5.82 Å². The van der Waals surface area contributed by atoms with Crippen molar-refractivity contribution < 1.29 is 4.39 Å². The van der Waals surface area contributed by atoms with Crippen LogP contribution in [0.2, 0.25) is 0 Å². The molecule has 4 nitrogen and oxygen atoms in total. The number of aromatic nitrogens is 1. The summed E-state index contributed by atoms with van der Waals surface area (Å²) in [5.74, 6) is -0.254. The van der Waals surface area contributed by atoms with Gasteiger partial charge in [-0.25, -0.2) is 9.37 Å². The second-order valence-electron chi connectivity index (χ2n) is 4.79. The standard InChI is InChI=1S/C14H17FN4S/c1-10-9-20-14(17-10)18-16-7-11-4-12(8-19(2)3)6-13(15)5-11/h4-7,9H,8H2,1-3H3,(H,17,18). The van der Waals surface area contributed by atoms with Gasteiger partial charge in [0.05, 0.1) is 11.9 Å². The Morgan fingerprint density at radius 2 is 2.20 bits per heavy atom. The lowest BCUT2D eigenvalue weighted by Gasteiger charge is -2.10. The summed E-state index contributed by atoms with van der Waals surface area (Å²) in [6.45, 7) is 2.61. The Morgan fingerprint density at radius 1 is 1.40 bits per heavy atom. The van der Waals surface area contributed by atoms with Crippen LogP contribution in [0.15, 0.2) is 28.7 Å². The molecule has 0 unspecified atom stereocenters. The summed E-state index contributed by atoms with van der Waals surface area (Å²) >= 11 is 1.48.